The summed E-state index contributed by atoms with van der Waals surface area (Å²) in [5.41, 5.74) is 4.85. The third-order valence-electron chi connectivity index (χ3n) is 2.97. The molecule has 2 rings (SSSR count). The quantitative estimate of drug-likeness (QED) is 0.611. The zero-order valence-electron chi connectivity index (χ0n) is 12.4. The highest BCUT2D eigenvalue weighted by Gasteiger charge is 2.12. The van der Waals surface area contributed by atoms with Crippen LogP contribution in [0, 0.1) is 5.82 Å². The minimum Gasteiger partial charge on any atom is -0.357 e. The van der Waals surface area contributed by atoms with E-state index in [0.717, 1.165) is 12.1 Å². The van der Waals surface area contributed by atoms with Gasteiger partial charge < -0.3 is 10.3 Å². The third kappa shape index (κ3) is 4.82. The molecule has 0 saturated carbocycles. The van der Waals surface area contributed by atoms with Crippen molar-refractivity contribution in [3.63, 3.8) is 0 Å². The number of aromatic amines is 1. The van der Waals surface area contributed by atoms with Gasteiger partial charge in [-0.1, -0.05) is 11.6 Å². The van der Waals surface area contributed by atoms with Crippen molar-refractivity contribution in [2.45, 2.75) is 6.42 Å². The number of hydrazine groups is 1. The molecule has 0 bridgehead atoms. The molecule has 0 atom stereocenters. The maximum Gasteiger partial charge on any atom is 0.286 e. The lowest BCUT2D eigenvalue weighted by molar-refractivity contribution is -0.121. The van der Waals surface area contributed by atoms with Gasteiger partial charge in [-0.25, -0.2) is 4.39 Å². The van der Waals surface area contributed by atoms with Crippen LogP contribution in [0.25, 0.3) is 0 Å². The molecule has 1 aromatic heterocycles. The number of hydrogen-bond acceptors (Lipinski definition) is 3. The van der Waals surface area contributed by atoms with Crippen LogP contribution in [-0.2, 0) is 4.79 Å². The SMILES string of the molecule is O=C(CCNC(=O)c1ccc(F)cc1Cl)NNC(=O)c1ccc[nH]1. The normalized spacial score (nSPS) is 10.1. The smallest absolute Gasteiger partial charge is 0.286 e. The second kappa shape index (κ2) is 8.11. The minimum atomic E-state index is -0.547. The molecule has 9 heteroatoms. The lowest BCUT2D eigenvalue weighted by Crippen LogP contribution is -2.42. The molecule has 0 aliphatic heterocycles. The van der Waals surface area contributed by atoms with Gasteiger partial charge in [0.05, 0.1) is 10.6 Å². The summed E-state index contributed by atoms with van der Waals surface area (Å²) in [7, 11) is 0. The molecule has 4 N–H and O–H groups in total. The monoisotopic (exact) mass is 352 g/mol. The molecule has 0 aliphatic carbocycles. The summed E-state index contributed by atoms with van der Waals surface area (Å²) < 4.78 is 12.9. The Labute approximate surface area is 141 Å². The molecule has 1 heterocycles. The Balaban J connectivity index is 1.72. The van der Waals surface area contributed by atoms with E-state index in [1.54, 1.807) is 18.3 Å². The van der Waals surface area contributed by atoms with Gasteiger partial charge in [0.25, 0.3) is 11.8 Å². The Hall–Kier alpha value is -2.87. The largest absolute Gasteiger partial charge is 0.357 e. The summed E-state index contributed by atoms with van der Waals surface area (Å²) in [6.07, 6.45) is 1.52. The molecule has 0 unspecified atom stereocenters. The fraction of sp³-hybridized carbons (Fsp3) is 0.133. The van der Waals surface area contributed by atoms with E-state index in [9.17, 15) is 18.8 Å². The minimum absolute atomic E-state index is 0.0184. The predicted octanol–water partition coefficient (Wildman–Crippen LogP) is 1.39. The van der Waals surface area contributed by atoms with Crippen LogP contribution in [0.5, 0.6) is 0 Å². The van der Waals surface area contributed by atoms with Crippen molar-refractivity contribution >= 4 is 29.3 Å². The number of nitrogens with one attached hydrogen (secondary N) is 4. The van der Waals surface area contributed by atoms with Gasteiger partial charge >= 0.3 is 0 Å². The number of hydrogen-bond donors (Lipinski definition) is 4. The van der Waals surface area contributed by atoms with Crippen molar-refractivity contribution in [2.24, 2.45) is 0 Å². The van der Waals surface area contributed by atoms with Crippen LogP contribution in [0.15, 0.2) is 36.5 Å². The van der Waals surface area contributed by atoms with E-state index >= 15 is 0 Å². The van der Waals surface area contributed by atoms with Gasteiger partial charge in [-0.3, -0.25) is 25.2 Å². The summed E-state index contributed by atoms with van der Waals surface area (Å²) in [4.78, 5) is 37.7. The first-order valence-electron chi connectivity index (χ1n) is 6.93. The van der Waals surface area contributed by atoms with Crippen molar-refractivity contribution in [3.8, 4) is 0 Å². The first-order chi connectivity index (χ1) is 11.5. The standard InChI is InChI=1S/C15H14ClFN4O3/c16-11-8-9(17)3-4-10(11)14(23)19-7-5-13(22)20-21-15(24)12-2-1-6-18-12/h1-4,6,8,18H,5,7H2,(H,19,23)(H,20,22)(H,21,24). The molecule has 0 fully saturated rings. The second-order valence-electron chi connectivity index (χ2n) is 4.72. The predicted molar refractivity (Wildman–Crippen MR) is 84.8 cm³/mol. The van der Waals surface area contributed by atoms with Gasteiger partial charge in [0, 0.05) is 19.2 Å². The molecule has 1 aromatic carbocycles. The fourth-order valence-corrected chi connectivity index (χ4v) is 2.04. The van der Waals surface area contributed by atoms with Crippen LogP contribution in [0.3, 0.4) is 0 Å². The van der Waals surface area contributed by atoms with Gasteiger partial charge in [-0.05, 0) is 30.3 Å². The number of halogens is 2. The van der Waals surface area contributed by atoms with Crippen LogP contribution in [-0.4, -0.2) is 29.3 Å². The first-order valence-corrected chi connectivity index (χ1v) is 7.31. The maximum absolute atomic E-state index is 12.9. The highest BCUT2D eigenvalue weighted by atomic mass is 35.5. The van der Waals surface area contributed by atoms with Crippen molar-refractivity contribution < 1.29 is 18.8 Å². The first kappa shape index (κ1) is 17.5. The molecule has 0 spiro atoms. The van der Waals surface area contributed by atoms with Crippen molar-refractivity contribution in [2.75, 3.05) is 6.54 Å². The number of aromatic nitrogens is 1. The molecular weight excluding hydrogens is 339 g/mol. The maximum atomic E-state index is 12.9. The van der Waals surface area contributed by atoms with Crippen LogP contribution in [0.4, 0.5) is 4.39 Å². The van der Waals surface area contributed by atoms with Crippen LogP contribution in [0.2, 0.25) is 5.02 Å². The molecular formula is C15H14ClFN4O3. The average Bonchev–Trinajstić information content (AvgIpc) is 3.07. The number of carbonyl (C=O) groups is 3. The Bertz CT molecular complexity index is 749. The Morgan fingerprint density at radius 2 is 1.92 bits per heavy atom. The zero-order chi connectivity index (χ0) is 17.5. The lowest BCUT2D eigenvalue weighted by atomic mass is 10.2. The number of amides is 3. The summed E-state index contributed by atoms with van der Waals surface area (Å²) in [5.74, 6) is -2.05. The number of benzene rings is 1. The van der Waals surface area contributed by atoms with E-state index in [-0.39, 0.29) is 23.6 Å². The van der Waals surface area contributed by atoms with Crippen LogP contribution >= 0.6 is 11.6 Å². The van der Waals surface area contributed by atoms with Crippen LogP contribution < -0.4 is 16.2 Å². The topological polar surface area (TPSA) is 103 Å². The van der Waals surface area contributed by atoms with Crippen molar-refractivity contribution in [3.05, 3.63) is 58.6 Å². The van der Waals surface area contributed by atoms with Crippen LogP contribution in [0.1, 0.15) is 27.3 Å². The van der Waals surface area contributed by atoms with E-state index in [1.165, 1.54) is 6.07 Å². The van der Waals surface area contributed by atoms with E-state index in [4.69, 9.17) is 11.6 Å². The average molecular weight is 353 g/mol. The lowest BCUT2D eigenvalue weighted by Gasteiger charge is -2.08. The van der Waals surface area contributed by atoms with E-state index in [2.05, 4.69) is 21.2 Å². The fourth-order valence-electron chi connectivity index (χ4n) is 1.79. The Kier molecular flexibility index (Phi) is 5.91. The van der Waals surface area contributed by atoms with Gasteiger partial charge in [-0.15, -0.1) is 0 Å². The second-order valence-corrected chi connectivity index (χ2v) is 5.12. The number of rotatable bonds is 5. The molecule has 0 saturated heterocycles. The van der Waals surface area contributed by atoms with Gasteiger partial charge in [-0.2, -0.15) is 0 Å². The summed E-state index contributed by atoms with van der Waals surface area (Å²) >= 11 is 5.77. The summed E-state index contributed by atoms with van der Waals surface area (Å²) in [5, 5.41) is 2.46. The molecule has 7 nitrogen and oxygen atoms in total. The van der Waals surface area contributed by atoms with Crippen molar-refractivity contribution in [1.82, 2.24) is 21.2 Å². The highest BCUT2D eigenvalue weighted by molar-refractivity contribution is 6.33. The number of carbonyl (C=O) groups excluding carboxylic acids is 3. The zero-order valence-corrected chi connectivity index (χ0v) is 13.1. The Morgan fingerprint density at radius 3 is 2.58 bits per heavy atom. The molecule has 0 aliphatic rings. The van der Waals surface area contributed by atoms with E-state index < -0.39 is 23.5 Å². The molecule has 3 amide bonds. The molecule has 24 heavy (non-hydrogen) atoms. The summed E-state index contributed by atoms with van der Waals surface area (Å²) in [6.45, 7) is 0.0245. The van der Waals surface area contributed by atoms with Gasteiger partial charge in [0.15, 0.2) is 0 Å². The molecule has 126 valence electrons. The summed E-state index contributed by atoms with van der Waals surface area (Å²) in [6, 6.07) is 6.59. The van der Waals surface area contributed by atoms with E-state index in [1.807, 2.05) is 0 Å². The van der Waals surface area contributed by atoms with Gasteiger partial charge in [0.2, 0.25) is 5.91 Å². The highest BCUT2D eigenvalue weighted by Crippen LogP contribution is 2.16. The molecule has 0 radical (unpaired) electrons. The van der Waals surface area contributed by atoms with Gasteiger partial charge in [0.1, 0.15) is 11.5 Å². The molecule has 2 aromatic rings. The number of H-pyrrole nitrogens is 1. The van der Waals surface area contributed by atoms with Crippen molar-refractivity contribution in [1.29, 1.82) is 0 Å². The third-order valence-corrected chi connectivity index (χ3v) is 3.28. The van der Waals surface area contributed by atoms with E-state index in [0.29, 0.717) is 5.69 Å². The Morgan fingerprint density at radius 1 is 1.12 bits per heavy atom.